The molecule has 0 amide bonds. The molecule has 0 fully saturated rings. The topological polar surface area (TPSA) is 51.0 Å². The van der Waals surface area contributed by atoms with E-state index in [1.165, 1.54) is 6.21 Å². The van der Waals surface area contributed by atoms with E-state index < -0.39 is 0 Å². The summed E-state index contributed by atoms with van der Waals surface area (Å²) in [5, 5.41) is 11.3. The quantitative estimate of drug-likeness (QED) is 0.348. The van der Waals surface area contributed by atoms with Gasteiger partial charge in [-0.3, -0.25) is 0 Å². The fraction of sp³-hybridized carbons (Fsp3) is 0.182. The van der Waals surface area contributed by atoms with Crippen molar-refractivity contribution in [2.24, 2.45) is 5.16 Å². The lowest BCUT2D eigenvalue weighted by molar-refractivity contribution is 0.321. The number of hydrogen-bond donors (Lipinski definition) is 1. The van der Waals surface area contributed by atoms with E-state index >= 15 is 0 Å². The van der Waals surface area contributed by atoms with Gasteiger partial charge in [0.2, 0.25) is 0 Å². The molecule has 1 aromatic rings. The van der Waals surface area contributed by atoms with E-state index in [0.29, 0.717) is 18.1 Å². The number of rotatable bonds is 5. The first-order valence-corrected chi connectivity index (χ1v) is 4.41. The highest BCUT2D eigenvalue weighted by Crippen LogP contribution is 2.27. The van der Waals surface area contributed by atoms with Gasteiger partial charge >= 0.3 is 0 Å². The molecule has 0 heterocycles. The SMILES string of the molecule is C=CCOc1ccc(C=NO)cc1OC. The van der Waals surface area contributed by atoms with E-state index in [0.717, 1.165) is 5.56 Å². The van der Waals surface area contributed by atoms with Crippen molar-refractivity contribution in [3.63, 3.8) is 0 Å². The average molecular weight is 207 g/mol. The molecule has 0 spiro atoms. The summed E-state index contributed by atoms with van der Waals surface area (Å²) in [6.45, 7) is 3.98. The van der Waals surface area contributed by atoms with E-state index in [1.54, 1.807) is 31.4 Å². The second-order valence-electron chi connectivity index (χ2n) is 2.75. The van der Waals surface area contributed by atoms with Gasteiger partial charge in [-0.05, 0) is 18.2 Å². The number of hydrogen-bond acceptors (Lipinski definition) is 4. The summed E-state index contributed by atoms with van der Waals surface area (Å²) >= 11 is 0. The van der Waals surface area contributed by atoms with Crippen LogP contribution < -0.4 is 9.47 Å². The molecule has 80 valence electrons. The van der Waals surface area contributed by atoms with Crippen molar-refractivity contribution < 1.29 is 14.7 Å². The molecule has 0 saturated carbocycles. The monoisotopic (exact) mass is 207 g/mol. The lowest BCUT2D eigenvalue weighted by atomic mass is 10.2. The maximum Gasteiger partial charge on any atom is 0.161 e. The molecule has 0 saturated heterocycles. The third-order valence-electron chi connectivity index (χ3n) is 1.75. The molecule has 0 bridgehead atoms. The van der Waals surface area contributed by atoms with Gasteiger partial charge in [0.1, 0.15) is 6.61 Å². The summed E-state index contributed by atoms with van der Waals surface area (Å²) in [4.78, 5) is 0. The molecule has 0 aliphatic heterocycles. The van der Waals surface area contributed by atoms with Gasteiger partial charge in [0.05, 0.1) is 13.3 Å². The molecule has 0 aliphatic carbocycles. The zero-order valence-electron chi connectivity index (χ0n) is 8.51. The maximum atomic E-state index is 8.38. The fourth-order valence-corrected chi connectivity index (χ4v) is 1.10. The van der Waals surface area contributed by atoms with Crippen molar-refractivity contribution in [3.05, 3.63) is 36.4 Å². The molecule has 0 aromatic heterocycles. The highest BCUT2D eigenvalue weighted by Gasteiger charge is 2.03. The van der Waals surface area contributed by atoms with Gasteiger partial charge in [-0.25, -0.2) is 0 Å². The van der Waals surface area contributed by atoms with Crippen LogP contribution in [0.15, 0.2) is 36.0 Å². The molecule has 1 rings (SSSR count). The van der Waals surface area contributed by atoms with Crippen LogP contribution in [0.1, 0.15) is 5.56 Å². The first-order chi connectivity index (χ1) is 7.31. The smallest absolute Gasteiger partial charge is 0.161 e. The number of ether oxygens (including phenoxy) is 2. The standard InChI is InChI=1S/C11H13NO3/c1-3-6-15-10-5-4-9(8-12-13)7-11(10)14-2/h3-5,7-8,13H,1,6H2,2H3. The number of nitrogens with zero attached hydrogens (tertiary/aromatic N) is 1. The third-order valence-corrected chi connectivity index (χ3v) is 1.75. The van der Waals surface area contributed by atoms with Crippen molar-refractivity contribution in [1.82, 2.24) is 0 Å². The summed E-state index contributed by atoms with van der Waals surface area (Å²) in [6, 6.07) is 5.23. The Labute approximate surface area is 88.4 Å². The fourth-order valence-electron chi connectivity index (χ4n) is 1.10. The molecular formula is C11H13NO3. The van der Waals surface area contributed by atoms with Crippen LogP contribution in [0.4, 0.5) is 0 Å². The van der Waals surface area contributed by atoms with Crippen LogP contribution in [0.2, 0.25) is 0 Å². The van der Waals surface area contributed by atoms with Crippen molar-refractivity contribution >= 4 is 6.21 Å². The third kappa shape index (κ3) is 3.02. The van der Waals surface area contributed by atoms with Crippen LogP contribution in [0.5, 0.6) is 11.5 Å². The normalized spacial score (nSPS) is 10.2. The Morgan fingerprint density at radius 3 is 2.87 bits per heavy atom. The minimum Gasteiger partial charge on any atom is -0.493 e. The molecule has 1 N–H and O–H groups in total. The molecular weight excluding hydrogens is 194 g/mol. The van der Waals surface area contributed by atoms with Crippen molar-refractivity contribution in [1.29, 1.82) is 0 Å². The van der Waals surface area contributed by atoms with E-state index in [2.05, 4.69) is 11.7 Å². The van der Waals surface area contributed by atoms with Crippen LogP contribution in [0.3, 0.4) is 0 Å². The lowest BCUT2D eigenvalue weighted by Crippen LogP contribution is -1.97. The first-order valence-electron chi connectivity index (χ1n) is 4.41. The predicted octanol–water partition coefficient (Wildman–Crippen LogP) is 2.07. The maximum absolute atomic E-state index is 8.38. The zero-order chi connectivity index (χ0) is 11.1. The van der Waals surface area contributed by atoms with E-state index in [-0.39, 0.29) is 0 Å². The van der Waals surface area contributed by atoms with Crippen LogP contribution in [-0.2, 0) is 0 Å². The minimum absolute atomic E-state index is 0.420. The van der Waals surface area contributed by atoms with Crippen LogP contribution >= 0.6 is 0 Å². The van der Waals surface area contributed by atoms with Crippen LogP contribution in [-0.4, -0.2) is 25.1 Å². The Morgan fingerprint density at radius 2 is 2.27 bits per heavy atom. The lowest BCUT2D eigenvalue weighted by Gasteiger charge is -2.09. The van der Waals surface area contributed by atoms with Crippen LogP contribution in [0, 0.1) is 0 Å². The predicted molar refractivity (Wildman–Crippen MR) is 58.1 cm³/mol. The molecule has 4 nitrogen and oxygen atoms in total. The van der Waals surface area contributed by atoms with Crippen molar-refractivity contribution in [2.45, 2.75) is 0 Å². The van der Waals surface area contributed by atoms with Gasteiger partial charge in [0.25, 0.3) is 0 Å². The highest BCUT2D eigenvalue weighted by molar-refractivity contribution is 5.80. The number of oxime groups is 1. The molecule has 0 aliphatic rings. The Kier molecular flexibility index (Phi) is 4.22. The molecule has 1 aromatic carbocycles. The van der Waals surface area contributed by atoms with Crippen LogP contribution in [0.25, 0.3) is 0 Å². The van der Waals surface area contributed by atoms with Gasteiger partial charge in [-0.1, -0.05) is 17.8 Å². The van der Waals surface area contributed by atoms with Gasteiger partial charge in [0, 0.05) is 5.56 Å². The summed E-state index contributed by atoms with van der Waals surface area (Å²) in [5.74, 6) is 1.22. The number of benzene rings is 1. The average Bonchev–Trinajstić information content (AvgIpc) is 2.27. The molecule has 0 unspecified atom stereocenters. The van der Waals surface area contributed by atoms with Crippen molar-refractivity contribution in [3.8, 4) is 11.5 Å². The Hall–Kier alpha value is -1.97. The molecule has 0 atom stereocenters. The van der Waals surface area contributed by atoms with E-state index in [1.807, 2.05) is 0 Å². The molecule has 0 radical (unpaired) electrons. The largest absolute Gasteiger partial charge is 0.493 e. The second-order valence-corrected chi connectivity index (χ2v) is 2.75. The molecule has 4 heteroatoms. The second kappa shape index (κ2) is 5.70. The Morgan fingerprint density at radius 1 is 1.47 bits per heavy atom. The summed E-state index contributed by atoms with van der Waals surface area (Å²) in [7, 11) is 1.55. The van der Waals surface area contributed by atoms with Crippen molar-refractivity contribution in [2.75, 3.05) is 13.7 Å². The highest BCUT2D eigenvalue weighted by atomic mass is 16.5. The first kappa shape index (κ1) is 11.1. The van der Waals surface area contributed by atoms with Gasteiger partial charge < -0.3 is 14.7 Å². The van der Waals surface area contributed by atoms with E-state index in [9.17, 15) is 0 Å². The summed E-state index contributed by atoms with van der Waals surface area (Å²) in [5.41, 5.74) is 0.736. The summed E-state index contributed by atoms with van der Waals surface area (Å²) in [6.07, 6.45) is 2.97. The minimum atomic E-state index is 0.420. The van der Waals surface area contributed by atoms with Gasteiger partial charge in [0.15, 0.2) is 11.5 Å². The van der Waals surface area contributed by atoms with Gasteiger partial charge in [-0.2, -0.15) is 0 Å². The Bertz CT molecular complexity index is 361. The van der Waals surface area contributed by atoms with E-state index in [4.69, 9.17) is 14.7 Å². The summed E-state index contributed by atoms with van der Waals surface area (Å²) < 4.78 is 10.5. The Balaban J connectivity index is 2.92. The van der Waals surface area contributed by atoms with Gasteiger partial charge in [-0.15, -0.1) is 0 Å². The zero-order valence-corrected chi connectivity index (χ0v) is 8.51. The molecule has 15 heavy (non-hydrogen) atoms. The number of methoxy groups -OCH3 is 1.